The highest BCUT2D eigenvalue weighted by Gasteiger charge is 2.13. The minimum atomic E-state index is -0.668. The minimum Gasteiger partial charge on any atom is -0.466 e. The Morgan fingerprint density at radius 1 is 1.48 bits per heavy atom. The molecule has 2 N–H and O–H groups in total. The molecule has 6 heteroatoms. The molecule has 0 aliphatic heterocycles. The number of aliphatic hydroxyl groups is 2. The van der Waals surface area contributed by atoms with Crippen molar-refractivity contribution in [2.45, 2.75) is 52.6 Å². The van der Waals surface area contributed by atoms with E-state index < -0.39 is 6.10 Å². The van der Waals surface area contributed by atoms with Crippen molar-refractivity contribution >= 4 is 23.4 Å². The van der Waals surface area contributed by atoms with Gasteiger partial charge in [0.2, 0.25) is 0 Å². The van der Waals surface area contributed by atoms with E-state index in [1.165, 1.54) is 7.11 Å². The molecular weight excluding hydrogens is 338 g/mol. The van der Waals surface area contributed by atoms with E-state index in [1.54, 1.807) is 17.4 Å². The van der Waals surface area contributed by atoms with Crippen molar-refractivity contribution in [1.29, 1.82) is 0 Å². The standard InChI is InChI=1S/C19H29NO4S/c1-13(11-21)6-5-7-16(19(23)24-4)8-9-18(22)14(2)10-17-12-25-15(3)20-17/h8,10,12-13,18,21-22H,5-7,9,11H2,1-4H3/b14-10+,16-8?/t13-,18-/m0/s1. The number of methoxy groups -OCH3 is 1. The Kier molecular flexibility index (Phi) is 9.63. The molecule has 0 unspecified atom stereocenters. The Morgan fingerprint density at radius 2 is 2.20 bits per heavy atom. The summed E-state index contributed by atoms with van der Waals surface area (Å²) in [7, 11) is 1.36. The van der Waals surface area contributed by atoms with Gasteiger partial charge in [-0.25, -0.2) is 9.78 Å². The van der Waals surface area contributed by atoms with Crippen molar-refractivity contribution in [3.63, 3.8) is 0 Å². The van der Waals surface area contributed by atoms with Gasteiger partial charge in [-0.1, -0.05) is 13.0 Å². The normalized spacial score (nSPS) is 15.1. The summed E-state index contributed by atoms with van der Waals surface area (Å²) in [5, 5.41) is 22.3. The molecule has 1 rings (SSSR count). The first kappa shape index (κ1) is 21.5. The highest BCUT2D eigenvalue weighted by molar-refractivity contribution is 7.09. The number of aromatic nitrogens is 1. The number of nitrogens with zero attached hydrogens (tertiary/aromatic N) is 1. The van der Waals surface area contributed by atoms with Crippen molar-refractivity contribution in [3.8, 4) is 0 Å². The average Bonchev–Trinajstić information content (AvgIpc) is 3.01. The number of thiazole rings is 1. The number of hydrogen-bond acceptors (Lipinski definition) is 6. The van der Waals surface area contributed by atoms with E-state index >= 15 is 0 Å². The van der Waals surface area contributed by atoms with Crippen LogP contribution in [0.25, 0.3) is 6.08 Å². The molecule has 0 aliphatic rings. The topological polar surface area (TPSA) is 79.7 Å². The second-order valence-corrected chi connectivity index (χ2v) is 7.39. The summed E-state index contributed by atoms with van der Waals surface area (Å²) in [6.07, 6.45) is 5.52. The summed E-state index contributed by atoms with van der Waals surface area (Å²) in [4.78, 5) is 16.2. The molecule has 0 bridgehead atoms. The van der Waals surface area contributed by atoms with E-state index in [0.717, 1.165) is 29.1 Å². The number of rotatable bonds is 10. The van der Waals surface area contributed by atoms with E-state index in [9.17, 15) is 9.90 Å². The van der Waals surface area contributed by atoms with Crippen molar-refractivity contribution in [2.24, 2.45) is 5.92 Å². The zero-order valence-electron chi connectivity index (χ0n) is 15.5. The lowest BCUT2D eigenvalue weighted by molar-refractivity contribution is -0.136. The molecule has 140 valence electrons. The Hall–Kier alpha value is -1.50. The molecule has 0 spiro atoms. The zero-order chi connectivity index (χ0) is 18.8. The fraction of sp³-hybridized carbons (Fsp3) is 0.579. The molecule has 0 aromatic carbocycles. The third-order valence-corrected chi connectivity index (χ3v) is 4.82. The molecule has 0 amide bonds. The van der Waals surface area contributed by atoms with Crippen LogP contribution in [0.3, 0.4) is 0 Å². The summed E-state index contributed by atoms with van der Waals surface area (Å²) in [5.74, 6) is -0.142. The maximum absolute atomic E-state index is 11.9. The van der Waals surface area contributed by atoms with Gasteiger partial charge in [-0.15, -0.1) is 11.3 Å². The first-order chi connectivity index (χ1) is 11.9. The van der Waals surface area contributed by atoms with E-state index in [-0.39, 0.29) is 18.5 Å². The summed E-state index contributed by atoms with van der Waals surface area (Å²) < 4.78 is 4.83. The summed E-state index contributed by atoms with van der Waals surface area (Å²) in [6.45, 7) is 5.92. The molecular formula is C19H29NO4S. The highest BCUT2D eigenvalue weighted by Crippen LogP contribution is 2.18. The van der Waals surface area contributed by atoms with Gasteiger partial charge in [0.15, 0.2) is 0 Å². The van der Waals surface area contributed by atoms with Gasteiger partial charge in [0, 0.05) is 17.6 Å². The summed E-state index contributed by atoms with van der Waals surface area (Å²) in [6, 6.07) is 0. The molecule has 0 fully saturated rings. The molecule has 1 aromatic heterocycles. The van der Waals surface area contributed by atoms with Gasteiger partial charge in [-0.2, -0.15) is 0 Å². The highest BCUT2D eigenvalue weighted by atomic mass is 32.1. The van der Waals surface area contributed by atoms with E-state index in [0.29, 0.717) is 18.4 Å². The third-order valence-electron chi connectivity index (χ3n) is 4.03. The Morgan fingerprint density at radius 3 is 2.76 bits per heavy atom. The molecule has 25 heavy (non-hydrogen) atoms. The summed E-state index contributed by atoms with van der Waals surface area (Å²) >= 11 is 1.57. The van der Waals surface area contributed by atoms with E-state index in [2.05, 4.69) is 4.98 Å². The van der Waals surface area contributed by atoms with Crippen LogP contribution in [-0.4, -0.2) is 41.0 Å². The smallest absolute Gasteiger partial charge is 0.333 e. The van der Waals surface area contributed by atoms with Gasteiger partial charge < -0.3 is 14.9 Å². The molecule has 0 saturated heterocycles. The molecule has 0 aliphatic carbocycles. The number of carbonyl (C=O) groups is 1. The SMILES string of the molecule is COC(=O)C(=CC[C@H](O)/C(C)=C/c1csc(C)n1)CCC[C@H](C)CO. The van der Waals surface area contributed by atoms with Crippen LogP contribution in [0.2, 0.25) is 0 Å². The van der Waals surface area contributed by atoms with Crippen LogP contribution in [0, 0.1) is 12.8 Å². The van der Waals surface area contributed by atoms with E-state index in [4.69, 9.17) is 9.84 Å². The fourth-order valence-corrected chi connectivity index (χ4v) is 2.94. The number of esters is 1. The first-order valence-electron chi connectivity index (χ1n) is 8.54. The van der Waals surface area contributed by atoms with Crippen LogP contribution >= 0.6 is 11.3 Å². The van der Waals surface area contributed by atoms with Crippen LogP contribution in [0.4, 0.5) is 0 Å². The second-order valence-electron chi connectivity index (χ2n) is 6.33. The number of carbonyl (C=O) groups excluding carboxylic acids is 1. The van der Waals surface area contributed by atoms with Gasteiger partial charge in [-0.05, 0) is 57.1 Å². The van der Waals surface area contributed by atoms with Crippen molar-refractivity contribution in [2.75, 3.05) is 13.7 Å². The quantitative estimate of drug-likeness (QED) is 0.489. The number of ether oxygens (including phenoxy) is 1. The maximum atomic E-state index is 11.9. The fourth-order valence-electron chi connectivity index (χ4n) is 2.37. The van der Waals surface area contributed by atoms with Gasteiger partial charge in [0.05, 0.1) is 23.9 Å². The number of aryl methyl sites for hydroxylation is 1. The van der Waals surface area contributed by atoms with Gasteiger partial charge in [0.25, 0.3) is 0 Å². The number of aliphatic hydroxyl groups excluding tert-OH is 2. The monoisotopic (exact) mass is 367 g/mol. The van der Waals surface area contributed by atoms with Gasteiger partial charge >= 0.3 is 5.97 Å². The van der Waals surface area contributed by atoms with Crippen LogP contribution < -0.4 is 0 Å². The molecule has 1 heterocycles. The Balaban J connectivity index is 2.67. The lowest BCUT2D eigenvalue weighted by Crippen LogP contribution is -2.10. The maximum Gasteiger partial charge on any atom is 0.333 e. The van der Waals surface area contributed by atoms with Crippen LogP contribution in [0.5, 0.6) is 0 Å². The van der Waals surface area contributed by atoms with Crippen molar-refractivity contribution < 1.29 is 19.7 Å². The molecule has 1 aromatic rings. The van der Waals surface area contributed by atoms with Gasteiger partial charge in [0.1, 0.15) is 0 Å². The van der Waals surface area contributed by atoms with E-state index in [1.807, 2.05) is 32.2 Å². The molecule has 5 nitrogen and oxygen atoms in total. The van der Waals surface area contributed by atoms with Crippen LogP contribution in [-0.2, 0) is 9.53 Å². The first-order valence-corrected chi connectivity index (χ1v) is 9.41. The van der Waals surface area contributed by atoms with Crippen LogP contribution in [0.15, 0.2) is 22.6 Å². The molecule has 0 radical (unpaired) electrons. The predicted molar refractivity (Wildman–Crippen MR) is 101 cm³/mol. The van der Waals surface area contributed by atoms with Crippen LogP contribution in [0.1, 0.15) is 50.2 Å². The Bertz CT molecular complexity index is 606. The molecule has 2 atom stereocenters. The second kappa shape index (κ2) is 11.2. The third kappa shape index (κ3) is 7.94. The zero-order valence-corrected chi connectivity index (χ0v) is 16.3. The number of hydrogen-bond donors (Lipinski definition) is 2. The lowest BCUT2D eigenvalue weighted by atomic mass is 9.99. The predicted octanol–water partition coefficient (Wildman–Crippen LogP) is 3.50. The average molecular weight is 368 g/mol. The lowest BCUT2D eigenvalue weighted by Gasteiger charge is -2.11. The van der Waals surface area contributed by atoms with Crippen molar-refractivity contribution in [3.05, 3.63) is 33.3 Å². The minimum absolute atomic E-state index is 0.149. The van der Waals surface area contributed by atoms with Crippen molar-refractivity contribution in [1.82, 2.24) is 4.98 Å². The Labute approximate surface area is 154 Å². The molecule has 0 saturated carbocycles. The summed E-state index contributed by atoms with van der Waals surface area (Å²) in [5.41, 5.74) is 2.22. The largest absolute Gasteiger partial charge is 0.466 e. The van der Waals surface area contributed by atoms with Gasteiger partial charge in [-0.3, -0.25) is 0 Å².